The number of aliphatic hydroxyl groups is 1. The summed E-state index contributed by atoms with van der Waals surface area (Å²) in [6.45, 7) is 3.94. The highest BCUT2D eigenvalue weighted by Crippen LogP contribution is 2.49. The number of carbonyl (C=O) groups is 1. The number of aliphatic hydroxyl groups excluding tert-OH is 1. The van der Waals surface area contributed by atoms with E-state index < -0.39 is 0 Å². The van der Waals surface area contributed by atoms with E-state index in [-0.39, 0.29) is 29.8 Å². The van der Waals surface area contributed by atoms with Crippen LogP contribution in [-0.4, -0.2) is 35.6 Å². The molecule has 0 spiro atoms. The SMILES string of the molecule is CCC1(CO)CCN(C(=O)C2CC2c2ccco2)CC1. The minimum absolute atomic E-state index is 0.0424. The third-order valence-corrected chi connectivity index (χ3v) is 5.24. The maximum atomic E-state index is 12.5. The number of carbonyl (C=O) groups excluding carboxylic acids is 1. The summed E-state index contributed by atoms with van der Waals surface area (Å²) >= 11 is 0. The van der Waals surface area contributed by atoms with E-state index in [2.05, 4.69) is 6.92 Å². The molecule has 2 fully saturated rings. The fraction of sp³-hybridized carbons (Fsp3) is 0.688. The molecule has 0 radical (unpaired) electrons. The summed E-state index contributed by atoms with van der Waals surface area (Å²) in [5.41, 5.74) is 0.0424. The number of furan rings is 1. The van der Waals surface area contributed by atoms with Gasteiger partial charge in [-0.2, -0.15) is 0 Å². The monoisotopic (exact) mass is 277 g/mol. The first-order valence-corrected chi connectivity index (χ1v) is 7.62. The van der Waals surface area contributed by atoms with Gasteiger partial charge in [-0.05, 0) is 43.2 Å². The van der Waals surface area contributed by atoms with E-state index >= 15 is 0 Å². The van der Waals surface area contributed by atoms with Crippen LogP contribution in [0.5, 0.6) is 0 Å². The van der Waals surface area contributed by atoms with E-state index in [1.165, 1.54) is 0 Å². The lowest BCUT2D eigenvalue weighted by molar-refractivity contribution is -0.135. The van der Waals surface area contributed by atoms with Crippen LogP contribution in [0.2, 0.25) is 0 Å². The summed E-state index contributed by atoms with van der Waals surface area (Å²) in [6, 6.07) is 3.84. The van der Waals surface area contributed by atoms with E-state index in [1.807, 2.05) is 17.0 Å². The molecule has 110 valence electrons. The minimum atomic E-state index is 0.0424. The van der Waals surface area contributed by atoms with Crippen molar-refractivity contribution in [2.24, 2.45) is 11.3 Å². The van der Waals surface area contributed by atoms with Gasteiger partial charge in [0, 0.05) is 31.5 Å². The number of hydrogen-bond acceptors (Lipinski definition) is 3. The average molecular weight is 277 g/mol. The molecule has 1 aliphatic carbocycles. The van der Waals surface area contributed by atoms with Crippen LogP contribution in [0.15, 0.2) is 22.8 Å². The fourth-order valence-electron chi connectivity index (χ4n) is 3.34. The first kappa shape index (κ1) is 13.7. The van der Waals surface area contributed by atoms with Crippen molar-refractivity contribution in [1.29, 1.82) is 0 Å². The molecule has 1 amide bonds. The Bertz CT molecular complexity index is 454. The number of piperidine rings is 1. The first-order chi connectivity index (χ1) is 9.69. The maximum Gasteiger partial charge on any atom is 0.226 e. The molecule has 1 N–H and O–H groups in total. The molecule has 1 aromatic heterocycles. The molecule has 0 aromatic carbocycles. The predicted octanol–water partition coefficient (Wildman–Crippen LogP) is 2.39. The standard InChI is InChI=1S/C16H23NO3/c1-2-16(11-18)5-7-17(8-6-16)15(19)13-10-12(13)14-4-3-9-20-14/h3-4,9,12-13,18H,2,5-8,10-11H2,1H3. The van der Waals surface area contributed by atoms with Crippen LogP contribution in [-0.2, 0) is 4.79 Å². The summed E-state index contributed by atoms with van der Waals surface area (Å²) in [6.07, 6.45) is 5.42. The Labute approximate surface area is 119 Å². The van der Waals surface area contributed by atoms with Crippen LogP contribution in [0.25, 0.3) is 0 Å². The van der Waals surface area contributed by atoms with Crippen LogP contribution in [0, 0.1) is 11.3 Å². The van der Waals surface area contributed by atoms with Crippen molar-refractivity contribution in [1.82, 2.24) is 4.90 Å². The Balaban J connectivity index is 1.56. The Kier molecular flexibility index (Phi) is 3.59. The quantitative estimate of drug-likeness (QED) is 0.919. The summed E-state index contributed by atoms with van der Waals surface area (Å²) in [7, 11) is 0. The van der Waals surface area contributed by atoms with E-state index in [4.69, 9.17) is 4.42 Å². The van der Waals surface area contributed by atoms with Crippen LogP contribution in [0.4, 0.5) is 0 Å². The van der Waals surface area contributed by atoms with Gasteiger partial charge in [0.1, 0.15) is 5.76 Å². The third-order valence-electron chi connectivity index (χ3n) is 5.24. The molecule has 1 saturated heterocycles. The van der Waals surface area contributed by atoms with Crippen LogP contribution in [0.1, 0.15) is 44.3 Å². The Morgan fingerprint density at radius 1 is 1.50 bits per heavy atom. The molecular weight excluding hydrogens is 254 g/mol. The molecule has 20 heavy (non-hydrogen) atoms. The van der Waals surface area contributed by atoms with Crippen molar-refractivity contribution in [3.63, 3.8) is 0 Å². The molecule has 1 aliphatic heterocycles. The van der Waals surface area contributed by atoms with Gasteiger partial charge in [0.2, 0.25) is 5.91 Å². The van der Waals surface area contributed by atoms with Crippen molar-refractivity contribution >= 4 is 5.91 Å². The highest BCUT2D eigenvalue weighted by atomic mass is 16.3. The van der Waals surface area contributed by atoms with Gasteiger partial charge in [-0.25, -0.2) is 0 Å². The fourth-order valence-corrected chi connectivity index (χ4v) is 3.34. The number of likely N-dealkylation sites (tertiary alicyclic amines) is 1. The maximum absolute atomic E-state index is 12.5. The highest BCUT2D eigenvalue weighted by Gasteiger charge is 2.48. The van der Waals surface area contributed by atoms with E-state index in [1.54, 1.807) is 6.26 Å². The number of hydrogen-bond donors (Lipinski definition) is 1. The summed E-state index contributed by atoms with van der Waals surface area (Å²) in [5, 5.41) is 9.54. The van der Waals surface area contributed by atoms with Crippen LogP contribution >= 0.6 is 0 Å². The van der Waals surface area contributed by atoms with E-state index in [0.717, 1.165) is 44.5 Å². The van der Waals surface area contributed by atoms with Crippen LogP contribution < -0.4 is 0 Å². The average Bonchev–Trinajstić information content (AvgIpc) is 3.12. The zero-order chi connectivity index (χ0) is 14.2. The molecule has 2 heterocycles. The second kappa shape index (κ2) is 5.24. The van der Waals surface area contributed by atoms with Crippen molar-refractivity contribution in [3.05, 3.63) is 24.2 Å². The van der Waals surface area contributed by atoms with Gasteiger partial charge in [-0.1, -0.05) is 6.92 Å². The molecule has 1 saturated carbocycles. The molecule has 0 bridgehead atoms. The van der Waals surface area contributed by atoms with E-state index in [0.29, 0.717) is 0 Å². The van der Waals surface area contributed by atoms with Crippen molar-refractivity contribution in [2.75, 3.05) is 19.7 Å². The van der Waals surface area contributed by atoms with Gasteiger partial charge in [0.15, 0.2) is 0 Å². The zero-order valence-electron chi connectivity index (χ0n) is 12.0. The number of nitrogens with zero attached hydrogens (tertiary/aromatic N) is 1. The zero-order valence-corrected chi connectivity index (χ0v) is 12.0. The Morgan fingerprint density at radius 3 is 2.80 bits per heavy atom. The lowest BCUT2D eigenvalue weighted by Crippen LogP contribution is -2.45. The van der Waals surface area contributed by atoms with E-state index in [9.17, 15) is 9.90 Å². The highest BCUT2D eigenvalue weighted by molar-refractivity contribution is 5.83. The molecule has 4 heteroatoms. The van der Waals surface area contributed by atoms with Gasteiger partial charge in [0.05, 0.1) is 6.26 Å². The van der Waals surface area contributed by atoms with Crippen molar-refractivity contribution in [2.45, 2.75) is 38.5 Å². The summed E-state index contributed by atoms with van der Waals surface area (Å²) < 4.78 is 5.39. The first-order valence-electron chi connectivity index (χ1n) is 7.62. The lowest BCUT2D eigenvalue weighted by atomic mass is 9.77. The van der Waals surface area contributed by atoms with Crippen LogP contribution in [0.3, 0.4) is 0 Å². The van der Waals surface area contributed by atoms with Gasteiger partial charge in [-0.15, -0.1) is 0 Å². The molecule has 1 aromatic rings. The third kappa shape index (κ3) is 2.37. The Morgan fingerprint density at radius 2 is 2.25 bits per heavy atom. The van der Waals surface area contributed by atoms with Gasteiger partial charge in [-0.3, -0.25) is 4.79 Å². The minimum Gasteiger partial charge on any atom is -0.469 e. The molecule has 2 aliphatic rings. The van der Waals surface area contributed by atoms with Crippen molar-refractivity contribution < 1.29 is 14.3 Å². The molecule has 3 rings (SSSR count). The van der Waals surface area contributed by atoms with Gasteiger partial charge in [0.25, 0.3) is 0 Å². The molecule has 4 nitrogen and oxygen atoms in total. The topological polar surface area (TPSA) is 53.7 Å². The number of rotatable bonds is 4. The number of amides is 1. The normalized spacial score (nSPS) is 28.4. The predicted molar refractivity (Wildman–Crippen MR) is 75.2 cm³/mol. The second-order valence-electron chi connectivity index (χ2n) is 6.30. The van der Waals surface area contributed by atoms with Gasteiger partial charge >= 0.3 is 0 Å². The van der Waals surface area contributed by atoms with Gasteiger partial charge < -0.3 is 14.4 Å². The lowest BCUT2D eigenvalue weighted by Gasteiger charge is -2.40. The largest absolute Gasteiger partial charge is 0.469 e. The smallest absolute Gasteiger partial charge is 0.226 e. The summed E-state index contributed by atoms with van der Waals surface area (Å²) in [4.78, 5) is 14.5. The van der Waals surface area contributed by atoms with Crippen molar-refractivity contribution in [3.8, 4) is 0 Å². The Hall–Kier alpha value is -1.29. The summed E-state index contributed by atoms with van der Waals surface area (Å²) in [5.74, 6) is 1.62. The molecular formula is C16H23NO3. The second-order valence-corrected chi connectivity index (χ2v) is 6.30. The molecule has 2 unspecified atom stereocenters. The molecule has 2 atom stereocenters.